The molecular formula is C24H22F3NO3. The maximum Gasteiger partial charge on any atom is 0.418 e. The van der Waals surface area contributed by atoms with Crippen LogP contribution in [0.25, 0.3) is 0 Å². The molecule has 0 aliphatic heterocycles. The van der Waals surface area contributed by atoms with Crippen LogP contribution in [0, 0.1) is 13.8 Å². The van der Waals surface area contributed by atoms with E-state index < -0.39 is 17.6 Å². The molecule has 0 saturated heterocycles. The SMILES string of the molecule is Cc1cc(OCCc2ccc(O)cc2)cc(C)c1C(=O)Nc1ccccc1C(F)(F)F. The van der Waals surface area contributed by atoms with E-state index in [1.807, 2.05) is 0 Å². The van der Waals surface area contributed by atoms with Crippen molar-refractivity contribution in [3.05, 3.63) is 88.5 Å². The lowest BCUT2D eigenvalue weighted by Crippen LogP contribution is -2.18. The van der Waals surface area contributed by atoms with Gasteiger partial charge in [0.05, 0.1) is 17.9 Å². The van der Waals surface area contributed by atoms with Crippen molar-refractivity contribution < 1.29 is 27.8 Å². The Kier molecular flexibility index (Phi) is 6.53. The minimum absolute atomic E-state index is 0.197. The minimum Gasteiger partial charge on any atom is -0.508 e. The third kappa shape index (κ3) is 5.57. The van der Waals surface area contributed by atoms with Crippen LogP contribution in [0.3, 0.4) is 0 Å². The zero-order chi connectivity index (χ0) is 22.6. The molecule has 3 aromatic rings. The summed E-state index contributed by atoms with van der Waals surface area (Å²) < 4.78 is 45.4. The molecular weight excluding hydrogens is 407 g/mol. The van der Waals surface area contributed by atoms with Crippen LogP contribution in [0.15, 0.2) is 60.7 Å². The molecule has 0 radical (unpaired) electrons. The van der Waals surface area contributed by atoms with Gasteiger partial charge in [0.1, 0.15) is 11.5 Å². The van der Waals surface area contributed by atoms with Crippen LogP contribution in [0.5, 0.6) is 11.5 Å². The first-order valence-corrected chi connectivity index (χ1v) is 9.64. The molecule has 0 aromatic heterocycles. The number of benzene rings is 3. The van der Waals surface area contributed by atoms with Gasteiger partial charge in [-0.25, -0.2) is 0 Å². The van der Waals surface area contributed by atoms with Gasteiger partial charge in [0, 0.05) is 12.0 Å². The molecule has 0 aliphatic rings. The van der Waals surface area contributed by atoms with Crippen molar-refractivity contribution in [2.45, 2.75) is 26.4 Å². The highest BCUT2D eigenvalue weighted by Crippen LogP contribution is 2.35. The fourth-order valence-corrected chi connectivity index (χ4v) is 3.34. The molecule has 0 atom stereocenters. The molecule has 162 valence electrons. The number of amides is 1. The molecule has 2 N–H and O–H groups in total. The van der Waals surface area contributed by atoms with E-state index in [-0.39, 0.29) is 11.4 Å². The fraction of sp³-hybridized carbons (Fsp3) is 0.208. The number of carbonyl (C=O) groups excluding carboxylic acids is 1. The number of alkyl halides is 3. The molecule has 3 rings (SSSR count). The van der Waals surface area contributed by atoms with E-state index in [0.29, 0.717) is 35.5 Å². The molecule has 0 bridgehead atoms. The maximum absolute atomic E-state index is 13.2. The molecule has 1 amide bonds. The van der Waals surface area contributed by atoms with Gasteiger partial charge in [-0.15, -0.1) is 0 Å². The van der Waals surface area contributed by atoms with E-state index in [1.54, 1.807) is 50.2 Å². The summed E-state index contributed by atoms with van der Waals surface area (Å²) in [5, 5.41) is 11.7. The third-order valence-electron chi connectivity index (χ3n) is 4.81. The second-order valence-electron chi connectivity index (χ2n) is 7.19. The average Bonchev–Trinajstić information content (AvgIpc) is 2.68. The van der Waals surface area contributed by atoms with Crippen LogP contribution < -0.4 is 10.1 Å². The zero-order valence-corrected chi connectivity index (χ0v) is 17.1. The number of rotatable bonds is 6. The van der Waals surface area contributed by atoms with Crippen LogP contribution in [0.2, 0.25) is 0 Å². The Hall–Kier alpha value is -3.48. The van der Waals surface area contributed by atoms with E-state index in [0.717, 1.165) is 11.6 Å². The maximum atomic E-state index is 13.2. The number of phenolic OH excluding ortho intramolecular Hbond substituents is 1. The summed E-state index contributed by atoms with van der Waals surface area (Å²) >= 11 is 0. The smallest absolute Gasteiger partial charge is 0.418 e. The van der Waals surface area contributed by atoms with E-state index in [9.17, 15) is 23.1 Å². The van der Waals surface area contributed by atoms with Gasteiger partial charge in [0.15, 0.2) is 0 Å². The van der Waals surface area contributed by atoms with Gasteiger partial charge in [-0.2, -0.15) is 13.2 Å². The lowest BCUT2D eigenvalue weighted by molar-refractivity contribution is -0.136. The number of hydrogen-bond donors (Lipinski definition) is 2. The number of aromatic hydroxyl groups is 1. The third-order valence-corrected chi connectivity index (χ3v) is 4.81. The highest BCUT2D eigenvalue weighted by molar-refractivity contribution is 6.06. The predicted molar refractivity (Wildman–Crippen MR) is 113 cm³/mol. The second-order valence-corrected chi connectivity index (χ2v) is 7.19. The average molecular weight is 429 g/mol. The Balaban J connectivity index is 1.71. The first-order valence-electron chi connectivity index (χ1n) is 9.64. The molecule has 31 heavy (non-hydrogen) atoms. The standard InChI is InChI=1S/C24H22F3NO3/c1-15-13-19(31-12-11-17-7-9-18(29)10-8-17)14-16(2)22(15)23(30)28-21-6-4-3-5-20(21)24(25,26)27/h3-10,13-14,29H,11-12H2,1-2H3,(H,28,30). The predicted octanol–water partition coefficient (Wildman–Crippen LogP) is 5.90. The highest BCUT2D eigenvalue weighted by Gasteiger charge is 2.33. The minimum atomic E-state index is -4.57. The molecule has 3 aromatic carbocycles. The number of nitrogens with one attached hydrogen (secondary N) is 1. The lowest BCUT2D eigenvalue weighted by atomic mass is 10.0. The Bertz CT molecular complexity index is 1050. The van der Waals surface area contributed by atoms with E-state index >= 15 is 0 Å². The monoisotopic (exact) mass is 429 g/mol. The Morgan fingerprint density at radius 2 is 1.61 bits per heavy atom. The number of aryl methyl sites for hydroxylation is 2. The Morgan fingerprint density at radius 3 is 2.23 bits per heavy atom. The summed E-state index contributed by atoms with van der Waals surface area (Å²) in [4.78, 5) is 12.7. The first kappa shape index (κ1) is 22.2. The van der Waals surface area contributed by atoms with E-state index in [1.165, 1.54) is 18.2 Å². The highest BCUT2D eigenvalue weighted by atomic mass is 19.4. The van der Waals surface area contributed by atoms with E-state index in [2.05, 4.69) is 5.32 Å². The number of carbonyl (C=O) groups is 1. The Labute approximate surface area is 178 Å². The van der Waals surface area contributed by atoms with Crippen LogP contribution >= 0.6 is 0 Å². The summed E-state index contributed by atoms with van der Waals surface area (Å²) in [7, 11) is 0. The molecule has 0 aliphatic carbocycles. The fourth-order valence-electron chi connectivity index (χ4n) is 3.34. The van der Waals surface area contributed by atoms with Crippen LogP contribution in [-0.4, -0.2) is 17.6 Å². The van der Waals surface area contributed by atoms with Crippen molar-refractivity contribution >= 4 is 11.6 Å². The molecule has 0 saturated carbocycles. The van der Waals surface area contributed by atoms with Gasteiger partial charge in [0.2, 0.25) is 0 Å². The van der Waals surface area contributed by atoms with Gasteiger partial charge < -0.3 is 15.2 Å². The number of ether oxygens (including phenoxy) is 1. The topological polar surface area (TPSA) is 58.6 Å². The van der Waals surface area contributed by atoms with Crippen LogP contribution in [0.1, 0.15) is 32.6 Å². The summed E-state index contributed by atoms with van der Waals surface area (Å²) in [6.07, 6.45) is -3.93. The number of halogens is 3. The Morgan fingerprint density at radius 1 is 1.00 bits per heavy atom. The van der Waals surface area contributed by atoms with Crippen molar-refractivity contribution in [2.24, 2.45) is 0 Å². The molecule has 0 spiro atoms. The summed E-state index contributed by atoms with van der Waals surface area (Å²) in [6.45, 7) is 3.82. The first-order chi connectivity index (χ1) is 14.6. The van der Waals surface area contributed by atoms with Crippen LogP contribution in [-0.2, 0) is 12.6 Å². The largest absolute Gasteiger partial charge is 0.508 e. The number of para-hydroxylation sites is 1. The lowest BCUT2D eigenvalue weighted by Gasteiger charge is -2.16. The zero-order valence-electron chi connectivity index (χ0n) is 17.1. The normalized spacial score (nSPS) is 11.3. The van der Waals surface area contributed by atoms with Crippen molar-refractivity contribution in [3.63, 3.8) is 0 Å². The van der Waals surface area contributed by atoms with Gasteiger partial charge in [-0.3, -0.25) is 4.79 Å². The summed E-state index contributed by atoms with van der Waals surface area (Å²) in [5.74, 6) is 0.158. The second kappa shape index (κ2) is 9.12. The van der Waals surface area contributed by atoms with Crippen molar-refractivity contribution in [1.82, 2.24) is 0 Å². The number of anilines is 1. The number of hydrogen-bond acceptors (Lipinski definition) is 3. The summed E-state index contributed by atoms with van der Waals surface area (Å²) in [5.41, 5.74) is 1.33. The molecule has 4 nitrogen and oxygen atoms in total. The molecule has 7 heteroatoms. The molecule has 0 unspecified atom stereocenters. The van der Waals surface area contributed by atoms with Crippen molar-refractivity contribution in [2.75, 3.05) is 11.9 Å². The van der Waals surface area contributed by atoms with Crippen LogP contribution in [0.4, 0.5) is 18.9 Å². The number of phenols is 1. The van der Waals surface area contributed by atoms with Crippen molar-refractivity contribution in [1.29, 1.82) is 0 Å². The van der Waals surface area contributed by atoms with E-state index in [4.69, 9.17) is 4.74 Å². The van der Waals surface area contributed by atoms with Gasteiger partial charge in [-0.05, 0) is 66.9 Å². The van der Waals surface area contributed by atoms with Gasteiger partial charge >= 0.3 is 6.18 Å². The summed E-state index contributed by atoms with van der Waals surface area (Å²) in [6, 6.07) is 15.1. The van der Waals surface area contributed by atoms with Crippen molar-refractivity contribution in [3.8, 4) is 11.5 Å². The molecule has 0 heterocycles. The molecule has 0 fully saturated rings. The quantitative estimate of drug-likeness (QED) is 0.513. The van der Waals surface area contributed by atoms with Gasteiger partial charge in [0.25, 0.3) is 5.91 Å². The van der Waals surface area contributed by atoms with Gasteiger partial charge in [-0.1, -0.05) is 24.3 Å².